The zero-order valence-electron chi connectivity index (χ0n) is 8.31. The van der Waals surface area contributed by atoms with E-state index in [1.165, 1.54) is 12.8 Å². The Bertz CT molecular complexity index is 130. The molecule has 0 bridgehead atoms. The molecule has 72 valence electrons. The lowest BCUT2D eigenvalue weighted by molar-refractivity contribution is 0.113. The third-order valence-electron chi connectivity index (χ3n) is 2.95. The molecule has 1 rings (SSSR count). The highest BCUT2D eigenvalue weighted by Gasteiger charge is 2.45. The molecule has 0 saturated heterocycles. The Balaban J connectivity index is 2.06. The molecule has 0 aliphatic heterocycles. The highest BCUT2D eigenvalue weighted by atomic mass is 16.5. The zero-order valence-corrected chi connectivity index (χ0v) is 8.31. The number of hydrogen-bond donors (Lipinski definition) is 1. The Morgan fingerprint density at radius 2 is 2.08 bits per heavy atom. The van der Waals surface area contributed by atoms with Gasteiger partial charge in [-0.3, -0.25) is 0 Å². The molecule has 0 aromatic carbocycles. The predicted octanol–water partition coefficient (Wildman–Crippen LogP) is 1.93. The van der Waals surface area contributed by atoms with E-state index >= 15 is 0 Å². The van der Waals surface area contributed by atoms with Gasteiger partial charge in [-0.1, -0.05) is 6.92 Å². The summed E-state index contributed by atoms with van der Waals surface area (Å²) in [5.41, 5.74) is 6.34. The first-order valence-electron chi connectivity index (χ1n) is 5.04. The van der Waals surface area contributed by atoms with Crippen LogP contribution < -0.4 is 5.73 Å². The Morgan fingerprint density at radius 1 is 1.42 bits per heavy atom. The molecule has 2 nitrogen and oxygen atoms in total. The van der Waals surface area contributed by atoms with Gasteiger partial charge in [-0.2, -0.15) is 0 Å². The van der Waals surface area contributed by atoms with Gasteiger partial charge in [-0.05, 0) is 38.0 Å². The summed E-state index contributed by atoms with van der Waals surface area (Å²) in [6.45, 7) is 6.05. The second kappa shape index (κ2) is 4.24. The van der Waals surface area contributed by atoms with Gasteiger partial charge in [0, 0.05) is 19.3 Å². The molecule has 12 heavy (non-hydrogen) atoms. The molecule has 0 aromatic rings. The summed E-state index contributed by atoms with van der Waals surface area (Å²) in [4.78, 5) is 0. The van der Waals surface area contributed by atoms with E-state index in [2.05, 4.69) is 13.8 Å². The number of hydrogen-bond acceptors (Lipinski definition) is 2. The van der Waals surface area contributed by atoms with E-state index in [9.17, 15) is 0 Å². The van der Waals surface area contributed by atoms with Gasteiger partial charge in [0.25, 0.3) is 0 Å². The summed E-state index contributed by atoms with van der Waals surface area (Å²) >= 11 is 0. The molecular formula is C10H21NO. The van der Waals surface area contributed by atoms with Gasteiger partial charge in [-0.15, -0.1) is 0 Å². The van der Waals surface area contributed by atoms with Crippen molar-refractivity contribution in [2.75, 3.05) is 13.2 Å². The van der Waals surface area contributed by atoms with Gasteiger partial charge in [0.1, 0.15) is 0 Å². The third-order valence-corrected chi connectivity index (χ3v) is 2.95. The fraction of sp³-hybridized carbons (Fsp3) is 1.00. The Morgan fingerprint density at radius 3 is 2.50 bits per heavy atom. The van der Waals surface area contributed by atoms with Crippen LogP contribution >= 0.6 is 0 Å². The van der Waals surface area contributed by atoms with Crippen molar-refractivity contribution < 1.29 is 4.74 Å². The van der Waals surface area contributed by atoms with Crippen LogP contribution in [0.15, 0.2) is 0 Å². The van der Waals surface area contributed by atoms with E-state index in [0.717, 1.165) is 26.1 Å². The van der Waals surface area contributed by atoms with Gasteiger partial charge in [0.2, 0.25) is 0 Å². The maximum atomic E-state index is 5.89. The molecule has 0 heterocycles. The maximum Gasteiger partial charge on any atom is 0.0471 e. The van der Waals surface area contributed by atoms with Gasteiger partial charge < -0.3 is 10.5 Å². The second-order valence-electron chi connectivity index (χ2n) is 4.01. The van der Waals surface area contributed by atoms with Crippen LogP contribution in [0.4, 0.5) is 0 Å². The number of rotatable bonds is 6. The lowest BCUT2D eigenvalue weighted by Gasteiger charge is -2.18. The smallest absolute Gasteiger partial charge is 0.0471 e. The summed E-state index contributed by atoms with van der Waals surface area (Å²) in [7, 11) is 0. The normalized spacial score (nSPS) is 22.2. The minimum absolute atomic E-state index is 0.350. The van der Waals surface area contributed by atoms with Crippen molar-refractivity contribution in [1.82, 2.24) is 0 Å². The molecule has 1 aliphatic carbocycles. The molecular weight excluding hydrogens is 150 g/mol. The maximum absolute atomic E-state index is 5.89. The molecule has 1 fully saturated rings. The monoisotopic (exact) mass is 171 g/mol. The largest absolute Gasteiger partial charge is 0.381 e. The zero-order chi connectivity index (χ0) is 9.03. The van der Waals surface area contributed by atoms with Crippen molar-refractivity contribution >= 4 is 0 Å². The van der Waals surface area contributed by atoms with Crippen LogP contribution in [0.5, 0.6) is 0 Å². The van der Waals surface area contributed by atoms with Crippen LogP contribution in [-0.2, 0) is 4.74 Å². The van der Waals surface area contributed by atoms with E-state index < -0.39 is 0 Å². The van der Waals surface area contributed by atoms with E-state index in [1.807, 2.05) is 0 Å². The Kier molecular flexibility index (Phi) is 3.53. The van der Waals surface area contributed by atoms with Crippen molar-refractivity contribution in [3.8, 4) is 0 Å². The van der Waals surface area contributed by atoms with Crippen LogP contribution in [0.3, 0.4) is 0 Å². The molecule has 2 heteroatoms. The third kappa shape index (κ3) is 2.46. The van der Waals surface area contributed by atoms with Crippen LogP contribution in [0.2, 0.25) is 0 Å². The molecule has 0 amide bonds. The Labute approximate surface area is 75.5 Å². The summed E-state index contributed by atoms with van der Waals surface area (Å²) in [6, 6.07) is 0.350. The highest BCUT2D eigenvalue weighted by molar-refractivity contribution is 4.98. The summed E-state index contributed by atoms with van der Waals surface area (Å²) in [6.07, 6.45) is 4.89. The van der Waals surface area contributed by atoms with Crippen LogP contribution in [0.25, 0.3) is 0 Å². The van der Waals surface area contributed by atoms with Gasteiger partial charge >= 0.3 is 0 Å². The highest BCUT2D eigenvalue weighted by Crippen LogP contribution is 2.50. The first-order valence-corrected chi connectivity index (χ1v) is 5.04. The molecule has 0 spiro atoms. The van der Waals surface area contributed by atoms with Gasteiger partial charge in [0.15, 0.2) is 0 Å². The molecule has 0 radical (unpaired) electrons. The fourth-order valence-corrected chi connectivity index (χ4v) is 1.62. The quantitative estimate of drug-likeness (QED) is 0.620. The lowest BCUT2D eigenvalue weighted by atomic mass is 9.95. The summed E-state index contributed by atoms with van der Waals surface area (Å²) in [5, 5.41) is 0. The first kappa shape index (κ1) is 10.0. The van der Waals surface area contributed by atoms with E-state index in [4.69, 9.17) is 10.5 Å². The van der Waals surface area contributed by atoms with Crippen LogP contribution in [0.1, 0.15) is 39.5 Å². The molecule has 1 atom stereocenters. The minimum Gasteiger partial charge on any atom is -0.381 e. The topological polar surface area (TPSA) is 35.2 Å². The van der Waals surface area contributed by atoms with E-state index in [1.54, 1.807) is 0 Å². The standard InChI is InChI=1S/C10H21NO/c1-3-7-12-8-6-10(4-5-10)9(2)11/h9H,3-8,11H2,1-2H3. The predicted molar refractivity (Wildman–Crippen MR) is 51.0 cm³/mol. The summed E-state index contributed by atoms with van der Waals surface area (Å²) < 4.78 is 5.45. The van der Waals surface area contributed by atoms with Crippen LogP contribution in [0, 0.1) is 5.41 Å². The van der Waals surface area contributed by atoms with Crippen molar-refractivity contribution in [3.63, 3.8) is 0 Å². The van der Waals surface area contributed by atoms with Crippen molar-refractivity contribution in [2.24, 2.45) is 11.1 Å². The summed E-state index contributed by atoms with van der Waals surface area (Å²) in [5.74, 6) is 0. The van der Waals surface area contributed by atoms with Gasteiger partial charge in [0.05, 0.1) is 0 Å². The lowest BCUT2D eigenvalue weighted by Crippen LogP contribution is -2.29. The molecule has 2 N–H and O–H groups in total. The average molecular weight is 171 g/mol. The van der Waals surface area contributed by atoms with Gasteiger partial charge in [-0.25, -0.2) is 0 Å². The Hall–Kier alpha value is -0.0800. The number of nitrogens with two attached hydrogens (primary N) is 1. The van der Waals surface area contributed by atoms with Crippen molar-refractivity contribution in [3.05, 3.63) is 0 Å². The van der Waals surface area contributed by atoms with Crippen molar-refractivity contribution in [2.45, 2.75) is 45.6 Å². The first-order chi connectivity index (χ1) is 5.71. The average Bonchev–Trinajstić information content (AvgIpc) is 2.79. The van der Waals surface area contributed by atoms with Crippen molar-refractivity contribution in [1.29, 1.82) is 0 Å². The SMILES string of the molecule is CCCOCCC1(C(C)N)CC1. The van der Waals surface area contributed by atoms with Crippen LogP contribution in [-0.4, -0.2) is 19.3 Å². The molecule has 1 saturated carbocycles. The molecule has 1 unspecified atom stereocenters. The molecule has 0 aromatic heterocycles. The minimum atomic E-state index is 0.350. The molecule has 1 aliphatic rings. The second-order valence-corrected chi connectivity index (χ2v) is 4.01. The number of ether oxygens (including phenoxy) is 1. The van der Waals surface area contributed by atoms with E-state index in [-0.39, 0.29) is 0 Å². The fourth-order valence-electron chi connectivity index (χ4n) is 1.62. The van der Waals surface area contributed by atoms with E-state index in [0.29, 0.717) is 11.5 Å².